The zero-order valence-corrected chi connectivity index (χ0v) is 19.4. The van der Waals surface area contributed by atoms with Gasteiger partial charge in [0.1, 0.15) is 17.2 Å². The Morgan fingerprint density at radius 3 is 2.00 bits per heavy atom. The zero-order valence-electron chi connectivity index (χ0n) is 19.4. The molecule has 1 aliphatic rings. The number of imide groups is 1. The second-order valence-corrected chi connectivity index (χ2v) is 8.10. The highest BCUT2D eigenvalue weighted by molar-refractivity contribution is 6.46. The maximum Gasteiger partial charge on any atom is 0.282 e. The van der Waals surface area contributed by atoms with Gasteiger partial charge in [0.15, 0.2) is 0 Å². The number of carbonyl (C=O) groups is 2. The minimum absolute atomic E-state index is 0.202. The number of rotatable bonds is 6. The van der Waals surface area contributed by atoms with Crippen molar-refractivity contribution in [2.45, 2.75) is 20.8 Å². The van der Waals surface area contributed by atoms with Crippen LogP contribution in [0.25, 0.3) is 5.57 Å². The fourth-order valence-electron chi connectivity index (χ4n) is 4.04. The average Bonchev–Trinajstić information content (AvgIpc) is 3.02. The van der Waals surface area contributed by atoms with Gasteiger partial charge in [-0.15, -0.1) is 0 Å². The fraction of sp³-hybridized carbons (Fsp3) is 0.185. The van der Waals surface area contributed by atoms with Crippen molar-refractivity contribution in [2.75, 3.05) is 24.4 Å². The van der Waals surface area contributed by atoms with E-state index in [2.05, 4.69) is 5.32 Å². The molecule has 0 bridgehead atoms. The number of hydrogen-bond donors (Lipinski definition) is 1. The summed E-state index contributed by atoms with van der Waals surface area (Å²) in [4.78, 5) is 28.5. The SMILES string of the molecule is COc1ccc(C2=C(Nc3cc(C)ccc3OC)C(=O)N(c3cc(C)cc(C)c3)C2=O)cc1. The van der Waals surface area contributed by atoms with Crippen LogP contribution in [-0.2, 0) is 9.59 Å². The number of carbonyl (C=O) groups excluding carboxylic acids is 2. The Labute approximate surface area is 193 Å². The second-order valence-electron chi connectivity index (χ2n) is 8.10. The van der Waals surface area contributed by atoms with Crippen molar-refractivity contribution in [1.82, 2.24) is 0 Å². The van der Waals surface area contributed by atoms with Gasteiger partial charge >= 0.3 is 0 Å². The lowest BCUT2D eigenvalue weighted by atomic mass is 10.0. The van der Waals surface area contributed by atoms with E-state index >= 15 is 0 Å². The van der Waals surface area contributed by atoms with E-state index in [0.717, 1.165) is 16.7 Å². The predicted molar refractivity (Wildman–Crippen MR) is 130 cm³/mol. The molecule has 3 aromatic carbocycles. The smallest absolute Gasteiger partial charge is 0.282 e. The quantitative estimate of drug-likeness (QED) is 0.543. The number of nitrogens with zero attached hydrogens (tertiary/aromatic N) is 1. The van der Waals surface area contributed by atoms with Gasteiger partial charge < -0.3 is 14.8 Å². The van der Waals surface area contributed by atoms with Gasteiger partial charge in [0.2, 0.25) is 0 Å². The number of amides is 2. The molecule has 3 aromatic rings. The van der Waals surface area contributed by atoms with E-state index in [4.69, 9.17) is 9.47 Å². The van der Waals surface area contributed by atoms with Crippen LogP contribution in [0, 0.1) is 20.8 Å². The molecule has 2 amide bonds. The van der Waals surface area contributed by atoms with Crippen molar-refractivity contribution in [1.29, 1.82) is 0 Å². The molecule has 0 aliphatic carbocycles. The number of methoxy groups -OCH3 is 2. The highest BCUT2D eigenvalue weighted by atomic mass is 16.5. The molecule has 1 aliphatic heterocycles. The summed E-state index contributed by atoms with van der Waals surface area (Å²) in [6, 6.07) is 18.4. The summed E-state index contributed by atoms with van der Waals surface area (Å²) >= 11 is 0. The van der Waals surface area contributed by atoms with Gasteiger partial charge in [0, 0.05) is 0 Å². The molecule has 4 rings (SSSR count). The molecule has 0 spiro atoms. The molecule has 0 radical (unpaired) electrons. The molecule has 0 aromatic heterocycles. The van der Waals surface area contributed by atoms with E-state index in [9.17, 15) is 9.59 Å². The van der Waals surface area contributed by atoms with Crippen molar-refractivity contribution >= 4 is 28.8 Å². The molecule has 33 heavy (non-hydrogen) atoms. The standard InChI is InChI=1S/C27H26N2O4/c1-16-6-11-23(33-5)22(15-16)28-25-24(19-7-9-21(32-4)10-8-19)26(30)29(27(25)31)20-13-17(2)12-18(3)14-20/h6-15,28H,1-5H3. The Hall–Kier alpha value is -4.06. The molecule has 6 heteroatoms. The van der Waals surface area contributed by atoms with Crippen LogP contribution in [-0.4, -0.2) is 26.0 Å². The zero-order chi connectivity index (χ0) is 23.7. The summed E-state index contributed by atoms with van der Waals surface area (Å²) in [7, 11) is 3.15. The lowest BCUT2D eigenvalue weighted by Gasteiger charge is -2.17. The van der Waals surface area contributed by atoms with Crippen LogP contribution >= 0.6 is 0 Å². The first-order valence-electron chi connectivity index (χ1n) is 10.6. The fourth-order valence-corrected chi connectivity index (χ4v) is 4.04. The van der Waals surface area contributed by atoms with Gasteiger partial charge in [-0.1, -0.05) is 24.3 Å². The second kappa shape index (κ2) is 8.82. The van der Waals surface area contributed by atoms with Crippen molar-refractivity contribution in [3.63, 3.8) is 0 Å². The third-order valence-electron chi connectivity index (χ3n) is 5.54. The van der Waals surface area contributed by atoms with Gasteiger partial charge in [-0.3, -0.25) is 9.59 Å². The normalized spacial score (nSPS) is 13.5. The van der Waals surface area contributed by atoms with Gasteiger partial charge in [-0.05, 0) is 79.4 Å². The molecular weight excluding hydrogens is 416 g/mol. The molecule has 6 nitrogen and oxygen atoms in total. The van der Waals surface area contributed by atoms with Crippen LogP contribution in [0.3, 0.4) is 0 Å². The summed E-state index contributed by atoms with van der Waals surface area (Å²) in [5.41, 5.74) is 5.21. The van der Waals surface area contributed by atoms with E-state index in [0.29, 0.717) is 34.0 Å². The van der Waals surface area contributed by atoms with E-state index in [1.807, 2.05) is 57.2 Å². The Morgan fingerprint density at radius 1 is 0.727 bits per heavy atom. The minimum atomic E-state index is -0.417. The first-order valence-corrected chi connectivity index (χ1v) is 10.6. The average molecular weight is 443 g/mol. The summed E-state index contributed by atoms with van der Waals surface area (Å²) in [5, 5.41) is 3.20. The van der Waals surface area contributed by atoms with Gasteiger partial charge in [0.05, 0.1) is 31.2 Å². The molecule has 0 atom stereocenters. The van der Waals surface area contributed by atoms with Crippen molar-refractivity contribution in [2.24, 2.45) is 0 Å². The molecule has 1 N–H and O–H groups in total. The van der Waals surface area contributed by atoms with Crippen LogP contribution in [0.4, 0.5) is 11.4 Å². The summed E-state index contributed by atoms with van der Waals surface area (Å²) in [6.45, 7) is 5.83. The number of anilines is 2. The van der Waals surface area contributed by atoms with Crippen LogP contribution < -0.4 is 19.7 Å². The predicted octanol–water partition coefficient (Wildman–Crippen LogP) is 5.03. The van der Waals surface area contributed by atoms with Gasteiger partial charge in [-0.2, -0.15) is 0 Å². The number of aryl methyl sites for hydroxylation is 3. The molecule has 1 heterocycles. The molecular formula is C27H26N2O4. The molecule has 0 saturated carbocycles. The van der Waals surface area contributed by atoms with E-state index in [1.54, 1.807) is 38.5 Å². The van der Waals surface area contributed by atoms with E-state index in [1.165, 1.54) is 4.90 Å². The minimum Gasteiger partial charge on any atom is -0.497 e. The Morgan fingerprint density at radius 2 is 1.39 bits per heavy atom. The molecule has 0 unspecified atom stereocenters. The Kier molecular flexibility index (Phi) is 5.92. The monoisotopic (exact) mass is 442 g/mol. The molecule has 0 saturated heterocycles. The van der Waals surface area contributed by atoms with Crippen LogP contribution in [0.2, 0.25) is 0 Å². The van der Waals surface area contributed by atoms with Crippen LogP contribution in [0.1, 0.15) is 22.3 Å². The largest absolute Gasteiger partial charge is 0.497 e. The van der Waals surface area contributed by atoms with Crippen LogP contribution in [0.5, 0.6) is 11.5 Å². The number of hydrogen-bond acceptors (Lipinski definition) is 5. The van der Waals surface area contributed by atoms with Crippen molar-refractivity contribution < 1.29 is 19.1 Å². The van der Waals surface area contributed by atoms with Gasteiger partial charge in [0.25, 0.3) is 11.8 Å². The number of nitrogens with one attached hydrogen (secondary N) is 1. The maximum absolute atomic E-state index is 13.7. The van der Waals surface area contributed by atoms with Crippen molar-refractivity contribution in [3.8, 4) is 11.5 Å². The first-order chi connectivity index (χ1) is 15.8. The summed E-state index contributed by atoms with van der Waals surface area (Å²) in [6.07, 6.45) is 0. The highest BCUT2D eigenvalue weighted by Crippen LogP contribution is 2.36. The molecule has 0 fully saturated rings. The van der Waals surface area contributed by atoms with Crippen molar-refractivity contribution in [3.05, 3.63) is 88.6 Å². The van der Waals surface area contributed by atoms with E-state index < -0.39 is 5.91 Å². The number of benzene rings is 3. The summed E-state index contributed by atoms with van der Waals surface area (Å²) in [5.74, 6) is 0.438. The first kappa shape index (κ1) is 22.1. The lowest BCUT2D eigenvalue weighted by molar-refractivity contribution is -0.120. The third-order valence-corrected chi connectivity index (χ3v) is 5.54. The highest BCUT2D eigenvalue weighted by Gasteiger charge is 2.40. The number of ether oxygens (including phenoxy) is 2. The third kappa shape index (κ3) is 4.20. The van der Waals surface area contributed by atoms with E-state index in [-0.39, 0.29) is 11.6 Å². The Balaban J connectivity index is 1.86. The topological polar surface area (TPSA) is 67.9 Å². The van der Waals surface area contributed by atoms with Gasteiger partial charge in [-0.25, -0.2) is 4.90 Å². The lowest BCUT2D eigenvalue weighted by Crippen LogP contribution is -2.32. The maximum atomic E-state index is 13.7. The van der Waals surface area contributed by atoms with Crippen LogP contribution in [0.15, 0.2) is 66.4 Å². The Bertz CT molecular complexity index is 1260. The summed E-state index contributed by atoms with van der Waals surface area (Å²) < 4.78 is 10.7. The molecule has 168 valence electrons.